The molecule has 1 aromatic rings. The van der Waals surface area contributed by atoms with Crippen molar-refractivity contribution in [3.8, 4) is 0 Å². The van der Waals surface area contributed by atoms with Crippen LogP contribution < -0.4 is 0 Å². The maximum atomic E-state index is 12.3. The second-order valence-corrected chi connectivity index (χ2v) is 6.25. The number of hydrogen-bond acceptors (Lipinski definition) is 4. The highest BCUT2D eigenvalue weighted by molar-refractivity contribution is 5.97. The van der Waals surface area contributed by atoms with Gasteiger partial charge in [-0.15, -0.1) is 0 Å². The summed E-state index contributed by atoms with van der Waals surface area (Å²) in [5.41, 5.74) is 0.484. The zero-order valence-corrected chi connectivity index (χ0v) is 14.4. The fourth-order valence-electron chi connectivity index (χ4n) is 2.60. The maximum Gasteiger partial charge on any atom is 0.168 e. The predicted octanol–water partition coefficient (Wildman–Crippen LogP) is 3.41. The number of allylic oxidation sites excluding steroid dienone is 3. The van der Waals surface area contributed by atoms with Gasteiger partial charge in [0, 0.05) is 17.9 Å². The Bertz CT molecular complexity index is 591. The monoisotopic (exact) mass is 330 g/mol. The molecule has 0 fully saturated rings. The molecule has 0 spiro atoms. The van der Waals surface area contributed by atoms with Gasteiger partial charge in [-0.3, -0.25) is 4.79 Å². The summed E-state index contributed by atoms with van der Waals surface area (Å²) in [7, 11) is 0. The number of aliphatic hydroxyl groups is 1. The van der Waals surface area contributed by atoms with Crippen molar-refractivity contribution in [2.24, 2.45) is 5.41 Å². The van der Waals surface area contributed by atoms with E-state index in [0.29, 0.717) is 19.6 Å². The Balaban J connectivity index is 1.82. The summed E-state index contributed by atoms with van der Waals surface area (Å²) in [5.74, 6) is 0.769. The molecular weight excluding hydrogens is 304 g/mol. The fourth-order valence-corrected chi connectivity index (χ4v) is 2.60. The molecule has 0 aromatic heterocycles. The molecular formula is C20H26O4. The molecule has 0 aliphatic heterocycles. The summed E-state index contributed by atoms with van der Waals surface area (Å²) < 4.78 is 10.9. The number of ketones is 1. The molecule has 1 aliphatic carbocycles. The van der Waals surface area contributed by atoms with Gasteiger partial charge in [-0.2, -0.15) is 0 Å². The predicted molar refractivity (Wildman–Crippen MR) is 93.3 cm³/mol. The van der Waals surface area contributed by atoms with E-state index in [1.54, 1.807) is 18.2 Å². The second-order valence-electron chi connectivity index (χ2n) is 6.25. The highest BCUT2D eigenvalue weighted by Gasteiger charge is 2.33. The molecule has 4 heteroatoms. The molecule has 0 saturated carbocycles. The van der Waals surface area contributed by atoms with Crippen LogP contribution in [0.5, 0.6) is 0 Å². The minimum atomic E-state index is -0.726. The van der Waals surface area contributed by atoms with E-state index in [1.807, 2.05) is 44.2 Å². The van der Waals surface area contributed by atoms with Gasteiger partial charge in [0.05, 0.1) is 31.7 Å². The van der Waals surface area contributed by atoms with Gasteiger partial charge in [0.15, 0.2) is 5.78 Å². The summed E-state index contributed by atoms with van der Waals surface area (Å²) in [4.78, 5) is 12.3. The molecule has 24 heavy (non-hydrogen) atoms. The molecule has 2 atom stereocenters. The van der Waals surface area contributed by atoms with Crippen LogP contribution in [0, 0.1) is 5.41 Å². The van der Waals surface area contributed by atoms with Crippen molar-refractivity contribution < 1.29 is 19.4 Å². The summed E-state index contributed by atoms with van der Waals surface area (Å²) in [5, 5.41) is 10.0. The Labute approximate surface area is 143 Å². The molecule has 1 N–H and O–H groups in total. The number of aliphatic hydroxyl groups excluding tert-OH is 1. The molecule has 4 nitrogen and oxygen atoms in total. The third-order valence-electron chi connectivity index (χ3n) is 4.16. The van der Waals surface area contributed by atoms with Crippen LogP contribution in [0.25, 0.3) is 0 Å². The Morgan fingerprint density at radius 3 is 2.75 bits per heavy atom. The van der Waals surface area contributed by atoms with E-state index in [0.717, 1.165) is 17.7 Å². The van der Waals surface area contributed by atoms with Crippen molar-refractivity contribution >= 4 is 5.78 Å². The quantitative estimate of drug-likeness (QED) is 0.742. The standard InChI is InChI=1S/C20H26O4/c1-3-24-18-10-12-20(2,19(22)13-18)11-9-17(21)15-23-14-16-7-5-4-6-8-16/h4-9,11,13,17,21H,3,10,12,14-15H2,1-2H3/b11-9+/t17-,20-/m1/s1. The van der Waals surface area contributed by atoms with Gasteiger partial charge in [-0.1, -0.05) is 42.5 Å². The fraction of sp³-hybridized carbons (Fsp3) is 0.450. The Morgan fingerprint density at radius 1 is 1.33 bits per heavy atom. The summed E-state index contributed by atoms with van der Waals surface area (Å²) in [6, 6.07) is 9.82. The van der Waals surface area contributed by atoms with E-state index >= 15 is 0 Å². The lowest BCUT2D eigenvalue weighted by Gasteiger charge is -2.28. The van der Waals surface area contributed by atoms with Gasteiger partial charge in [0.25, 0.3) is 0 Å². The van der Waals surface area contributed by atoms with Crippen molar-refractivity contribution in [1.29, 1.82) is 0 Å². The van der Waals surface area contributed by atoms with E-state index in [4.69, 9.17) is 9.47 Å². The normalized spacial score (nSPS) is 22.5. The van der Waals surface area contributed by atoms with Crippen LogP contribution in [-0.2, 0) is 20.9 Å². The highest BCUT2D eigenvalue weighted by atomic mass is 16.5. The number of hydrogen-bond donors (Lipinski definition) is 1. The zero-order valence-electron chi connectivity index (χ0n) is 14.4. The average molecular weight is 330 g/mol. The van der Waals surface area contributed by atoms with E-state index < -0.39 is 11.5 Å². The van der Waals surface area contributed by atoms with Crippen LogP contribution in [-0.4, -0.2) is 30.2 Å². The molecule has 2 rings (SSSR count). The third-order valence-corrected chi connectivity index (χ3v) is 4.16. The van der Waals surface area contributed by atoms with Crippen LogP contribution in [0.2, 0.25) is 0 Å². The molecule has 0 bridgehead atoms. The maximum absolute atomic E-state index is 12.3. The largest absolute Gasteiger partial charge is 0.498 e. The molecule has 0 heterocycles. The molecule has 0 amide bonds. The summed E-state index contributed by atoms with van der Waals surface area (Å²) in [6.45, 7) is 5.04. The van der Waals surface area contributed by atoms with Crippen molar-refractivity contribution in [3.63, 3.8) is 0 Å². The molecule has 0 unspecified atom stereocenters. The van der Waals surface area contributed by atoms with Crippen molar-refractivity contribution in [2.45, 2.75) is 39.4 Å². The molecule has 1 aliphatic rings. The Kier molecular flexibility index (Phi) is 6.76. The Morgan fingerprint density at radius 2 is 2.08 bits per heavy atom. The zero-order chi connectivity index (χ0) is 17.4. The topological polar surface area (TPSA) is 55.8 Å². The van der Waals surface area contributed by atoms with Gasteiger partial charge < -0.3 is 14.6 Å². The summed E-state index contributed by atoms with van der Waals surface area (Å²) in [6.07, 6.45) is 5.73. The molecule has 0 radical (unpaired) electrons. The minimum absolute atomic E-state index is 0.0193. The number of rotatable bonds is 8. The van der Waals surface area contributed by atoms with Gasteiger partial charge in [0.1, 0.15) is 0 Å². The molecule has 0 saturated heterocycles. The lowest BCUT2D eigenvalue weighted by molar-refractivity contribution is -0.122. The van der Waals surface area contributed by atoms with E-state index in [9.17, 15) is 9.90 Å². The summed E-state index contributed by atoms with van der Waals surface area (Å²) >= 11 is 0. The molecule has 1 aromatic carbocycles. The number of carbonyl (C=O) groups excluding carboxylic acids is 1. The van der Waals surface area contributed by atoms with Crippen molar-refractivity contribution in [2.75, 3.05) is 13.2 Å². The van der Waals surface area contributed by atoms with E-state index in [1.165, 1.54) is 0 Å². The first-order valence-electron chi connectivity index (χ1n) is 8.40. The highest BCUT2D eigenvalue weighted by Crippen LogP contribution is 2.34. The number of carbonyl (C=O) groups is 1. The van der Waals surface area contributed by atoms with Crippen LogP contribution >= 0.6 is 0 Å². The van der Waals surface area contributed by atoms with Crippen LogP contribution in [0.15, 0.2) is 54.3 Å². The molecule has 130 valence electrons. The van der Waals surface area contributed by atoms with Crippen molar-refractivity contribution in [3.05, 3.63) is 59.9 Å². The number of ether oxygens (including phenoxy) is 2. The van der Waals surface area contributed by atoms with Crippen LogP contribution in [0.3, 0.4) is 0 Å². The van der Waals surface area contributed by atoms with E-state index in [2.05, 4.69) is 0 Å². The number of benzene rings is 1. The average Bonchev–Trinajstić information content (AvgIpc) is 2.58. The van der Waals surface area contributed by atoms with Gasteiger partial charge in [0.2, 0.25) is 0 Å². The minimum Gasteiger partial charge on any atom is -0.498 e. The first-order valence-corrected chi connectivity index (χ1v) is 8.40. The first kappa shape index (κ1) is 18.4. The lowest BCUT2D eigenvalue weighted by atomic mass is 9.77. The van der Waals surface area contributed by atoms with Crippen molar-refractivity contribution in [1.82, 2.24) is 0 Å². The van der Waals surface area contributed by atoms with Gasteiger partial charge in [-0.25, -0.2) is 0 Å². The smallest absolute Gasteiger partial charge is 0.168 e. The van der Waals surface area contributed by atoms with Gasteiger partial charge >= 0.3 is 0 Å². The SMILES string of the molecule is CCOC1=CC(=O)[C@](C)(/C=C/[C@@H](O)COCc2ccccc2)CC1. The third kappa shape index (κ3) is 5.32. The Hall–Kier alpha value is -1.91. The van der Waals surface area contributed by atoms with Gasteiger partial charge in [-0.05, 0) is 25.8 Å². The second kappa shape index (κ2) is 8.81. The van der Waals surface area contributed by atoms with E-state index in [-0.39, 0.29) is 12.4 Å². The first-order chi connectivity index (χ1) is 11.5. The van der Waals surface area contributed by atoms with Crippen LogP contribution in [0.4, 0.5) is 0 Å². The lowest BCUT2D eigenvalue weighted by Crippen LogP contribution is -2.29. The van der Waals surface area contributed by atoms with Crippen LogP contribution in [0.1, 0.15) is 32.3 Å².